The average molecular weight is 370 g/mol. The molecule has 1 amide bonds. The van der Waals surface area contributed by atoms with Crippen molar-refractivity contribution in [3.05, 3.63) is 54.1 Å². The maximum atomic E-state index is 12.5. The molecule has 0 N–H and O–H groups in total. The van der Waals surface area contributed by atoms with Crippen LogP contribution in [0.3, 0.4) is 0 Å². The summed E-state index contributed by atoms with van der Waals surface area (Å²) in [5.41, 5.74) is 2.25. The summed E-state index contributed by atoms with van der Waals surface area (Å²) < 4.78 is 11.2. The van der Waals surface area contributed by atoms with Crippen LogP contribution in [0.5, 0.6) is 11.5 Å². The molecule has 0 radical (unpaired) electrons. The molecule has 27 heavy (non-hydrogen) atoms. The second-order valence-corrected chi connectivity index (χ2v) is 6.58. The lowest BCUT2D eigenvalue weighted by Crippen LogP contribution is -2.34. The fourth-order valence-electron chi connectivity index (χ4n) is 2.58. The van der Waals surface area contributed by atoms with Crippen LogP contribution in [-0.2, 0) is 11.3 Å². The molecular weight excluding hydrogens is 340 g/mol. The number of hydrogen-bond donors (Lipinski definition) is 0. The smallest absolute Gasteiger partial charge is 0.260 e. The molecule has 0 aromatic heterocycles. The Balaban J connectivity index is 1.87. The molecule has 146 valence electrons. The largest absolute Gasteiger partial charge is 0.494 e. The number of nitrogens with zero attached hydrogens (tertiary/aromatic N) is 2. The molecule has 0 saturated carbocycles. The van der Waals surface area contributed by atoms with Crippen molar-refractivity contribution < 1.29 is 14.3 Å². The van der Waals surface area contributed by atoms with Crippen molar-refractivity contribution in [2.24, 2.45) is 0 Å². The number of benzene rings is 2. The Morgan fingerprint density at radius 1 is 0.889 bits per heavy atom. The fourth-order valence-corrected chi connectivity index (χ4v) is 2.58. The van der Waals surface area contributed by atoms with E-state index in [-0.39, 0.29) is 12.5 Å². The molecule has 0 atom stereocenters. The van der Waals surface area contributed by atoms with E-state index in [0.29, 0.717) is 25.4 Å². The summed E-state index contributed by atoms with van der Waals surface area (Å²) in [5, 5.41) is 0. The van der Waals surface area contributed by atoms with Crippen LogP contribution in [-0.4, -0.2) is 44.7 Å². The maximum Gasteiger partial charge on any atom is 0.260 e. The minimum absolute atomic E-state index is 0.0266. The van der Waals surface area contributed by atoms with Crippen molar-refractivity contribution in [1.29, 1.82) is 0 Å². The summed E-state index contributed by atoms with van der Waals surface area (Å²) in [6.45, 7) is 5.99. The monoisotopic (exact) mass is 370 g/mol. The van der Waals surface area contributed by atoms with Crippen molar-refractivity contribution in [1.82, 2.24) is 4.90 Å². The first-order chi connectivity index (χ1) is 13.0. The predicted molar refractivity (Wildman–Crippen MR) is 110 cm³/mol. The SMILES string of the molecule is CCCOc1ccc(OCC(=O)N(CC)Cc2ccc(N(C)C)cc2)cc1. The van der Waals surface area contributed by atoms with Gasteiger partial charge in [-0.05, 0) is 55.3 Å². The quantitative estimate of drug-likeness (QED) is 0.635. The summed E-state index contributed by atoms with van der Waals surface area (Å²) in [6.07, 6.45) is 0.970. The van der Waals surface area contributed by atoms with E-state index in [1.54, 1.807) is 4.90 Å². The fraction of sp³-hybridized carbons (Fsp3) is 0.409. The highest BCUT2D eigenvalue weighted by Gasteiger charge is 2.13. The van der Waals surface area contributed by atoms with Crippen LogP contribution in [0.2, 0.25) is 0 Å². The Labute approximate surface area is 162 Å². The van der Waals surface area contributed by atoms with E-state index in [4.69, 9.17) is 9.47 Å². The third-order valence-corrected chi connectivity index (χ3v) is 4.22. The second-order valence-electron chi connectivity index (χ2n) is 6.58. The standard InChI is InChI=1S/C22H30N2O3/c1-5-15-26-20-11-13-21(14-12-20)27-17-22(25)24(6-2)16-18-7-9-19(10-8-18)23(3)4/h7-14H,5-6,15-17H2,1-4H3. The van der Waals surface area contributed by atoms with E-state index in [1.807, 2.05) is 45.3 Å². The van der Waals surface area contributed by atoms with Crippen molar-refractivity contribution in [3.63, 3.8) is 0 Å². The highest BCUT2D eigenvalue weighted by molar-refractivity contribution is 5.77. The number of hydrogen-bond acceptors (Lipinski definition) is 4. The van der Waals surface area contributed by atoms with Gasteiger partial charge in [-0.25, -0.2) is 0 Å². The molecule has 0 aliphatic rings. The average Bonchev–Trinajstić information content (AvgIpc) is 2.69. The maximum absolute atomic E-state index is 12.5. The molecule has 0 spiro atoms. The summed E-state index contributed by atoms with van der Waals surface area (Å²) in [6, 6.07) is 15.6. The first kappa shape index (κ1) is 20.6. The van der Waals surface area contributed by atoms with Crippen LogP contribution in [0.1, 0.15) is 25.8 Å². The Kier molecular flexibility index (Phi) is 7.99. The molecule has 2 rings (SSSR count). The van der Waals surface area contributed by atoms with E-state index >= 15 is 0 Å². The van der Waals surface area contributed by atoms with Gasteiger partial charge in [-0.2, -0.15) is 0 Å². The van der Waals surface area contributed by atoms with Gasteiger partial charge in [0.2, 0.25) is 0 Å². The number of carbonyl (C=O) groups excluding carboxylic acids is 1. The highest BCUT2D eigenvalue weighted by Crippen LogP contribution is 2.18. The summed E-state index contributed by atoms with van der Waals surface area (Å²) >= 11 is 0. The van der Waals surface area contributed by atoms with Gasteiger partial charge in [0, 0.05) is 32.9 Å². The van der Waals surface area contributed by atoms with Crippen molar-refractivity contribution >= 4 is 11.6 Å². The lowest BCUT2D eigenvalue weighted by molar-refractivity contribution is -0.133. The third-order valence-electron chi connectivity index (χ3n) is 4.22. The summed E-state index contributed by atoms with van der Waals surface area (Å²) in [7, 11) is 4.02. The number of ether oxygens (including phenoxy) is 2. The molecule has 2 aromatic carbocycles. The lowest BCUT2D eigenvalue weighted by atomic mass is 10.2. The van der Waals surface area contributed by atoms with Gasteiger partial charge in [0.15, 0.2) is 6.61 Å². The van der Waals surface area contributed by atoms with Crippen LogP contribution in [0.4, 0.5) is 5.69 Å². The van der Waals surface area contributed by atoms with Gasteiger partial charge >= 0.3 is 0 Å². The minimum Gasteiger partial charge on any atom is -0.494 e. The number of rotatable bonds is 10. The van der Waals surface area contributed by atoms with E-state index in [2.05, 4.69) is 36.1 Å². The molecule has 0 aliphatic heterocycles. The van der Waals surface area contributed by atoms with Crippen LogP contribution in [0.25, 0.3) is 0 Å². The second kappa shape index (κ2) is 10.5. The zero-order valence-corrected chi connectivity index (χ0v) is 16.8. The molecule has 0 unspecified atom stereocenters. The molecular formula is C22H30N2O3. The van der Waals surface area contributed by atoms with Gasteiger partial charge in [0.25, 0.3) is 5.91 Å². The van der Waals surface area contributed by atoms with Crippen molar-refractivity contribution in [3.8, 4) is 11.5 Å². The normalized spacial score (nSPS) is 10.4. The molecule has 0 aliphatic carbocycles. The number of amides is 1. The highest BCUT2D eigenvalue weighted by atomic mass is 16.5. The molecule has 0 fully saturated rings. The van der Waals surface area contributed by atoms with Gasteiger partial charge in [-0.3, -0.25) is 4.79 Å². The molecule has 5 heteroatoms. The van der Waals surface area contributed by atoms with Gasteiger partial charge in [-0.15, -0.1) is 0 Å². The van der Waals surface area contributed by atoms with Crippen molar-refractivity contribution in [2.45, 2.75) is 26.8 Å². The predicted octanol–water partition coefficient (Wildman–Crippen LogP) is 3.97. The molecule has 0 bridgehead atoms. The van der Waals surface area contributed by atoms with Crippen LogP contribution in [0, 0.1) is 0 Å². The summed E-state index contributed by atoms with van der Waals surface area (Å²) in [5.74, 6) is 1.45. The van der Waals surface area contributed by atoms with Gasteiger partial charge < -0.3 is 19.3 Å². The van der Waals surface area contributed by atoms with Crippen LogP contribution in [0.15, 0.2) is 48.5 Å². The molecule has 0 heterocycles. The number of anilines is 1. The van der Waals surface area contributed by atoms with Gasteiger partial charge in [0.05, 0.1) is 6.61 Å². The Morgan fingerprint density at radius 2 is 1.48 bits per heavy atom. The lowest BCUT2D eigenvalue weighted by Gasteiger charge is -2.22. The third kappa shape index (κ3) is 6.51. The van der Waals surface area contributed by atoms with E-state index in [9.17, 15) is 4.79 Å². The van der Waals surface area contributed by atoms with Crippen LogP contribution < -0.4 is 14.4 Å². The topological polar surface area (TPSA) is 42.0 Å². The zero-order valence-electron chi connectivity index (χ0n) is 16.8. The van der Waals surface area contributed by atoms with E-state index in [0.717, 1.165) is 23.4 Å². The summed E-state index contributed by atoms with van der Waals surface area (Å²) in [4.78, 5) is 16.4. The number of carbonyl (C=O) groups is 1. The molecule has 2 aromatic rings. The van der Waals surface area contributed by atoms with Gasteiger partial charge in [-0.1, -0.05) is 19.1 Å². The first-order valence-electron chi connectivity index (χ1n) is 9.43. The molecule has 5 nitrogen and oxygen atoms in total. The number of likely N-dealkylation sites (N-methyl/N-ethyl adjacent to an activating group) is 1. The first-order valence-corrected chi connectivity index (χ1v) is 9.43. The Morgan fingerprint density at radius 3 is 2.00 bits per heavy atom. The van der Waals surface area contributed by atoms with Crippen molar-refractivity contribution in [2.75, 3.05) is 38.8 Å². The zero-order chi connectivity index (χ0) is 19.6. The van der Waals surface area contributed by atoms with Gasteiger partial charge in [0.1, 0.15) is 11.5 Å². The Hall–Kier alpha value is -2.69. The van der Waals surface area contributed by atoms with Crippen LogP contribution >= 0.6 is 0 Å². The van der Waals surface area contributed by atoms with E-state index in [1.165, 1.54) is 0 Å². The van der Waals surface area contributed by atoms with E-state index < -0.39 is 0 Å². The molecule has 0 saturated heterocycles. The minimum atomic E-state index is -0.0273. The Bertz CT molecular complexity index is 697.